The molecule has 0 bridgehead atoms. The van der Waals surface area contributed by atoms with Crippen LogP contribution in [0.5, 0.6) is 0 Å². The van der Waals surface area contributed by atoms with Crippen molar-refractivity contribution in [3.63, 3.8) is 0 Å². The standard InChI is InChI=1S/C22H32.C4H11N/c1-2-3-4-5-6-7-8-9-10-11-15-20-17-14-18-21-16-12-13-19-22(20)21;1-2-3-4-5/h12-14,16-19H,2-11,15H2,1H3;2-5H2,1H3. The van der Waals surface area contributed by atoms with Gasteiger partial charge in [0.2, 0.25) is 0 Å². The van der Waals surface area contributed by atoms with Gasteiger partial charge in [-0.3, -0.25) is 0 Å². The van der Waals surface area contributed by atoms with Crippen LogP contribution in [0.25, 0.3) is 10.8 Å². The van der Waals surface area contributed by atoms with Crippen molar-refractivity contribution >= 4 is 10.8 Å². The molecule has 0 unspecified atom stereocenters. The maximum Gasteiger partial charge on any atom is -0.00774 e. The Hall–Kier alpha value is -1.34. The van der Waals surface area contributed by atoms with Crippen molar-refractivity contribution < 1.29 is 0 Å². The van der Waals surface area contributed by atoms with Gasteiger partial charge in [0.1, 0.15) is 0 Å². The highest BCUT2D eigenvalue weighted by Crippen LogP contribution is 2.20. The normalized spacial score (nSPS) is 10.6. The zero-order valence-electron chi connectivity index (χ0n) is 18.0. The van der Waals surface area contributed by atoms with Crippen LogP contribution < -0.4 is 5.73 Å². The molecule has 0 aliphatic carbocycles. The fraction of sp³-hybridized carbons (Fsp3) is 0.615. The van der Waals surface area contributed by atoms with Gasteiger partial charge < -0.3 is 5.73 Å². The smallest absolute Gasteiger partial charge is 0.00774 e. The van der Waals surface area contributed by atoms with E-state index in [-0.39, 0.29) is 0 Å². The number of hydrogen-bond acceptors (Lipinski definition) is 1. The van der Waals surface area contributed by atoms with Crippen LogP contribution in [0.15, 0.2) is 42.5 Å². The Bertz CT molecular complexity index is 568. The van der Waals surface area contributed by atoms with Gasteiger partial charge in [-0.25, -0.2) is 0 Å². The highest BCUT2D eigenvalue weighted by Gasteiger charge is 2.00. The molecular formula is C26H43N. The van der Waals surface area contributed by atoms with E-state index in [9.17, 15) is 0 Å². The maximum absolute atomic E-state index is 5.14. The molecule has 0 saturated carbocycles. The number of nitrogens with two attached hydrogens (primary N) is 1. The monoisotopic (exact) mass is 369 g/mol. The highest BCUT2D eigenvalue weighted by molar-refractivity contribution is 5.85. The van der Waals surface area contributed by atoms with E-state index >= 15 is 0 Å². The molecule has 27 heavy (non-hydrogen) atoms. The van der Waals surface area contributed by atoms with Gasteiger partial charge in [-0.05, 0) is 42.1 Å². The second-order valence-electron chi connectivity index (χ2n) is 7.71. The summed E-state index contributed by atoms with van der Waals surface area (Å²) in [4.78, 5) is 0. The maximum atomic E-state index is 5.14. The van der Waals surface area contributed by atoms with E-state index in [1.165, 1.54) is 99.8 Å². The van der Waals surface area contributed by atoms with E-state index < -0.39 is 0 Å². The van der Waals surface area contributed by atoms with E-state index in [1.54, 1.807) is 0 Å². The van der Waals surface area contributed by atoms with Crippen LogP contribution in [-0.4, -0.2) is 6.54 Å². The van der Waals surface area contributed by atoms with Crippen LogP contribution in [-0.2, 0) is 6.42 Å². The average Bonchev–Trinajstić information content (AvgIpc) is 2.70. The lowest BCUT2D eigenvalue weighted by Crippen LogP contribution is -1.95. The van der Waals surface area contributed by atoms with Gasteiger partial charge in [-0.15, -0.1) is 0 Å². The summed E-state index contributed by atoms with van der Waals surface area (Å²) in [5.74, 6) is 0. The fourth-order valence-electron chi connectivity index (χ4n) is 3.52. The van der Waals surface area contributed by atoms with Crippen molar-refractivity contribution in [2.75, 3.05) is 6.54 Å². The minimum Gasteiger partial charge on any atom is -0.330 e. The van der Waals surface area contributed by atoms with Crippen molar-refractivity contribution in [3.8, 4) is 0 Å². The number of hydrogen-bond donors (Lipinski definition) is 1. The Kier molecular flexibility index (Phi) is 14.8. The lowest BCUT2D eigenvalue weighted by Gasteiger charge is -2.06. The number of benzene rings is 2. The largest absolute Gasteiger partial charge is 0.330 e. The molecule has 152 valence electrons. The van der Waals surface area contributed by atoms with Gasteiger partial charge in [-0.2, -0.15) is 0 Å². The fourth-order valence-corrected chi connectivity index (χ4v) is 3.52. The molecule has 0 aliphatic rings. The van der Waals surface area contributed by atoms with Gasteiger partial charge in [0.15, 0.2) is 0 Å². The topological polar surface area (TPSA) is 26.0 Å². The van der Waals surface area contributed by atoms with E-state index in [2.05, 4.69) is 56.3 Å². The number of unbranched alkanes of at least 4 members (excludes halogenated alkanes) is 10. The molecule has 0 fully saturated rings. The van der Waals surface area contributed by atoms with Gasteiger partial charge >= 0.3 is 0 Å². The molecule has 2 aromatic carbocycles. The van der Waals surface area contributed by atoms with E-state index in [0.717, 1.165) is 6.54 Å². The zero-order valence-corrected chi connectivity index (χ0v) is 18.0. The molecule has 1 heteroatoms. The second-order valence-corrected chi connectivity index (χ2v) is 7.71. The zero-order chi connectivity index (χ0) is 19.6. The first-order valence-electron chi connectivity index (χ1n) is 11.5. The van der Waals surface area contributed by atoms with Crippen molar-refractivity contribution in [1.82, 2.24) is 0 Å². The van der Waals surface area contributed by atoms with Crippen molar-refractivity contribution in [2.24, 2.45) is 5.73 Å². The third-order valence-corrected chi connectivity index (χ3v) is 5.24. The lowest BCUT2D eigenvalue weighted by molar-refractivity contribution is 0.556. The lowest BCUT2D eigenvalue weighted by atomic mass is 9.99. The molecular weight excluding hydrogens is 326 g/mol. The molecule has 1 nitrogen and oxygen atoms in total. The Morgan fingerprint density at radius 2 is 1.15 bits per heavy atom. The Balaban J connectivity index is 0.000000646. The number of aryl methyl sites for hydroxylation is 1. The molecule has 2 rings (SSSR count). The van der Waals surface area contributed by atoms with Gasteiger partial charge in [0.25, 0.3) is 0 Å². The first-order chi connectivity index (χ1) is 13.3. The van der Waals surface area contributed by atoms with Crippen LogP contribution in [0.4, 0.5) is 0 Å². The third-order valence-electron chi connectivity index (χ3n) is 5.24. The summed E-state index contributed by atoms with van der Waals surface area (Å²) >= 11 is 0. The summed E-state index contributed by atoms with van der Waals surface area (Å²) in [5.41, 5.74) is 6.66. The second kappa shape index (κ2) is 16.8. The van der Waals surface area contributed by atoms with Gasteiger partial charge in [-0.1, -0.05) is 121 Å². The van der Waals surface area contributed by atoms with Crippen LogP contribution in [0.2, 0.25) is 0 Å². The van der Waals surface area contributed by atoms with Crippen LogP contribution in [0.3, 0.4) is 0 Å². The summed E-state index contributed by atoms with van der Waals surface area (Å²) in [5, 5.41) is 2.83. The Labute approximate surface area is 168 Å². The summed E-state index contributed by atoms with van der Waals surface area (Å²) in [7, 11) is 0. The first-order valence-corrected chi connectivity index (χ1v) is 11.5. The minimum absolute atomic E-state index is 0.844. The van der Waals surface area contributed by atoms with Crippen molar-refractivity contribution in [3.05, 3.63) is 48.0 Å². The molecule has 0 saturated heterocycles. The molecule has 0 heterocycles. The summed E-state index contributed by atoms with van der Waals surface area (Å²) < 4.78 is 0. The molecule has 0 aliphatic heterocycles. The SMILES string of the molecule is CCCCCCCCCCCCc1cccc2ccccc12.CCCCN. The summed E-state index contributed by atoms with van der Waals surface area (Å²) in [6, 6.07) is 15.5. The third kappa shape index (κ3) is 11.2. The van der Waals surface area contributed by atoms with Gasteiger partial charge in [0, 0.05) is 0 Å². The van der Waals surface area contributed by atoms with E-state index in [0.29, 0.717) is 0 Å². The molecule has 0 radical (unpaired) electrons. The minimum atomic E-state index is 0.844. The van der Waals surface area contributed by atoms with Gasteiger partial charge in [0.05, 0.1) is 0 Å². The number of fused-ring (bicyclic) bond motifs is 1. The summed E-state index contributed by atoms with van der Waals surface area (Å²) in [6.07, 6.45) is 17.7. The predicted molar refractivity (Wildman–Crippen MR) is 123 cm³/mol. The molecule has 0 atom stereocenters. The Morgan fingerprint density at radius 3 is 1.74 bits per heavy atom. The molecule has 0 aromatic heterocycles. The Morgan fingerprint density at radius 1 is 0.593 bits per heavy atom. The molecule has 0 spiro atoms. The van der Waals surface area contributed by atoms with Crippen molar-refractivity contribution in [2.45, 2.75) is 97.3 Å². The van der Waals surface area contributed by atoms with Crippen LogP contribution in [0, 0.1) is 0 Å². The summed E-state index contributed by atoms with van der Waals surface area (Å²) in [6.45, 7) is 5.26. The molecule has 2 aromatic rings. The van der Waals surface area contributed by atoms with Crippen LogP contribution in [0.1, 0.15) is 96.5 Å². The van der Waals surface area contributed by atoms with Crippen molar-refractivity contribution in [1.29, 1.82) is 0 Å². The average molecular weight is 370 g/mol. The van der Waals surface area contributed by atoms with Crippen LogP contribution >= 0.6 is 0 Å². The first kappa shape index (κ1) is 23.7. The van der Waals surface area contributed by atoms with E-state index in [4.69, 9.17) is 5.73 Å². The molecule has 0 amide bonds. The predicted octanol–water partition coefficient (Wildman–Crippen LogP) is 8.05. The number of rotatable bonds is 13. The molecule has 2 N–H and O–H groups in total. The van der Waals surface area contributed by atoms with E-state index in [1.807, 2.05) is 0 Å². The quantitative estimate of drug-likeness (QED) is 0.355. The highest BCUT2D eigenvalue weighted by atomic mass is 14.5.